The molecule has 0 saturated carbocycles. The predicted octanol–water partition coefficient (Wildman–Crippen LogP) is 1.94. The van der Waals surface area contributed by atoms with Gasteiger partial charge < -0.3 is 15.4 Å². The maximum Gasteiger partial charge on any atom is 0.241 e. The molecule has 1 aromatic heterocycles. The minimum atomic E-state index is -0.486. The van der Waals surface area contributed by atoms with Crippen molar-refractivity contribution in [3.63, 3.8) is 0 Å². The summed E-state index contributed by atoms with van der Waals surface area (Å²) in [6.07, 6.45) is 0. The number of hydrogen-bond acceptors (Lipinski definition) is 5. The molecule has 146 valence electrons. The average molecular weight is 373 g/mol. The average Bonchev–Trinajstić information content (AvgIpc) is 2.87. The minimum Gasteiger partial charge on any atom is -0.497 e. The Morgan fingerprint density at radius 2 is 2.00 bits per heavy atom. The van der Waals surface area contributed by atoms with Crippen LogP contribution in [0, 0.1) is 13.8 Å². The molecule has 0 aliphatic heterocycles. The topological polar surface area (TPSA) is 88.5 Å². The number of hydrogen-bond donors (Lipinski definition) is 2. The summed E-state index contributed by atoms with van der Waals surface area (Å²) in [6.45, 7) is 5.58. The van der Waals surface area contributed by atoms with Gasteiger partial charge in [-0.2, -0.15) is 5.10 Å². The molecular formula is C19H27N5O3. The molecule has 1 heterocycles. The number of nitrogens with one attached hydrogen (secondary N) is 2. The lowest BCUT2D eigenvalue weighted by Crippen LogP contribution is -2.43. The first-order chi connectivity index (χ1) is 12.7. The molecule has 0 unspecified atom stereocenters. The van der Waals surface area contributed by atoms with Gasteiger partial charge in [-0.15, -0.1) is 0 Å². The number of rotatable bonds is 7. The van der Waals surface area contributed by atoms with Crippen molar-refractivity contribution in [1.29, 1.82) is 0 Å². The van der Waals surface area contributed by atoms with Gasteiger partial charge in [0.1, 0.15) is 5.75 Å². The van der Waals surface area contributed by atoms with E-state index >= 15 is 0 Å². The molecule has 8 heteroatoms. The molecule has 1 atom stereocenters. The molecule has 0 fully saturated rings. The maximum absolute atomic E-state index is 12.6. The standard InChI is InChI=1S/C19H27N5O3/c1-12-18(13(2)24(5)22-12)21-19(26)14(3)23(4)11-17(25)20-15-8-7-9-16(10-15)27-6/h7-10,14H,11H2,1-6H3,(H,20,25)(H,21,26)/t14-/m0/s1. The number of nitrogens with zero attached hydrogens (tertiary/aromatic N) is 3. The van der Waals surface area contributed by atoms with Crippen LogP contribution in [0.2, 0.25) is 0 Å². The van der Waals surface area contributed by atoms with Crippen LogP contribution < -0.4 is 15.4 Å². The fourth-order valence-electron chi connectivity index (χ4n) is 2.65. The fourth-order valence-corrected chi connectivity index (χ4v) is 2.65. The second-order valence-corrected chi connectivity index (χ2v) is 6.53. The van der Waals surface area contributed by atoms with E-state index in [1.54, 1.807) is 54.9 Å². The zero-order valence-electron chi connectivity index (χ0n) is 16.7. The zero-order valence-corrected chi connectivity index (χ0v) is 16.7. The summed E-state index contributed by atoms with van der Waals surface area (Å²) >= 11 is 0. The van der Waals surface area contributed by atoms with Crippen molar-refractivity contribution in [2.75, 3.05) is 31.3 Å². The number of amides is 2. The van der Waals surface area contributed by atoms with Crippen LogP contribution in [0.1, 0.15) is 18.3 Å². The molecule has 2 amide bonds. The molecule has 8 nitrogen and oxygen atoms in total. The van der Waals surface area contributed by atoms with Crippen LogP contribution in [-0.2, 0) is 16.6 Å². The molecule has 2 N–H and O–H groups in total. The Balaban J connectivity index is 1.94. The van der Waals surface area contributed by atoms with E-state index in [9.17, 15) is 9.59 Å². The van der Waals surface area contributed by atoms with Gasteiger partial charge in [0, 0.05) is 18.8 Å². The summed E-state index contributed by atoms with van der Waals surface area (Å²) in [6, 6.07) is 6.63. The van der Waals surface area contributed by atoms with Gasteiger partial charge in [0.15, 0.2) is 0 Å². The van der Waals surface area contributed by atoms with E-state index in [1.807, 2.05) is 20.9 Å². The summed E-state index contributed by atoms with van der Waals surface area (Å²) in [4.78, 5) is 26.5. The highest BCUT2D eigenvalue weighted by Crippen LogP contribution is 2.19. The lowest BCUT2D eigenvalue weighted by Gasteiger charge is -2.23. The van der Waals surface area contributed by atoms with Crippen molar-refractivity contribution in [2.24, 2.45) is 7.05 Å². The Morgan fingerprint density at radius 1 is 1.30 bits per heavy atom. The highest BCUT2D eigenvalue weighted by molar-refractivity contribution is 5.97. The minimum absolute atomic E-state index is 0.0802. The molecule has 0 aliphatic carbocycles. The summed E-state index contributed by atoms with van der Waals surface area (Å²) in [5, 5.41) is 10.0. The highest BCUT2D eigenvalue weighted by atomic mass is 16.5. The van der Waals surface area contributed by atoms with Gasteiger partial charge in [0.05, 0.1) is 36.8 Å². The number of anilines is 2. The molecule has 2 aromatic rings. The third-order valence-electron chi connectivity index (χ3n) is 4.54. The van der Waals surface area contributed by atoms with Gasteiger partial charge in [-0.25, -0.2) is 0 Å². The van der Waals surface area contributed by atoms with Crippen LogP contribution in [0.3, 0.4) is 0 Å². The van der Waals surface area contributed by atoms with Crippen LogP contribution in [0.4, 0.5) is 11.4 Å². The van der Waals surface area contributed by atoms with Gasteiger partial charge in [0.25, 0.3) is 0 Å². The number of likely N-dealkylation sites (N-methyl/N-ethyl adjacent to an activating group) is 1. The lowest BCUT2D eigenvalue weighted by atomic mass is 10.2. The largest absolute Gasteiger partial charge is 0.497 e. The molecule has 0 radical (unpaired) electrons. The Labute approximate surface area is 159 Å². The third kappa shape index (κ3) is 5.07. The summed E-state index contributed by atoms with van der Waals surface area (Å²) in [5.41, 5.74) is 3.00. The number of aromatic nitrogens is 2. The van der Waals surface area contributed by atoms with E-state index in [2.05, 4.69) is 15.7 Å². The van der Waals surface area contributed by atoms with Crippen LogP contribution in [-0.4, -0.2) is 53.2 Å². The first-order valence-corrected chi connectivity index (χ1v) is 8.68. The van der Waals surface area contributed by atoms with E-state index in [4.69, 9.17) is 4.74 Å². The predicted molar refractivity (Wildman–Crippen MR) is 105 cm³/mol. The quantitative estimate of drug-likeness (QED) is 0.774. The molecular weight excluding hydrogens is 346 g/mol. The smallest absolute Gasteiger partial charge is 0.241 e. The Hall–Kier alpha value is -2.87. The van der Waals surface area contributed by atoms with Gasteiger partial charge in [-0.1, -0.05) is 6.07 Å². The number of methoxy groups -OCH3 is 1. The molecule has 2 rings (SSSR count). The first-order valence-electron chi connectivity index (χ1n) is 8.68. The third-order valence-corrected chi connectivity index (χ3v) is 4.54. The number of carbonyl (C=O) groups is 2. The van der Waals surface area contributed by atoms with Gasteiger partial charge >= 0.3 is 0 Å². The molecule has 0 aliphatic rings. The monoisotopic (exact) mass is 373 g/mol. The van der Waals surface area contributed by atoms with E-state index < -0.39 is 6.04 Å². The molecule has 1 aromatic carbocycles. The van der Waals surface area contributed by atoms with Crippen LogP contribution in [0.15, 0.2) is 24.3 Å². The number of benzene rings is 1. The first kappa shape index (κ1) is 20.4. The second-order valence-electron chi connectivity index (χ2n) is 6.53. The maximum atomic E-state index is 12.6. The molecule has 27 heavy (non-hydrogen) atoms. The highest BCUT2D eigenvalue weighted by Gasteiger charge is 2.22. The Morgan fingerprint density at radius 3 is 2.59 bits per heavy atom. The molecule has 0 spiro atoms. The molecule has 0 bridgehead atoms. The van der Waals surface area contributed by atoms with E-state index in [1.165, 1.54) is 0 Å². The second kappa shape index (κ2) is 8.68. The van der Waals surface area contributed by atoms with Crippen molar-refractivity contribution < 1.29 is 14.3 Å². The number of ether oxygens (including phenoxy) is 1. The summed E-state index contributed by atoms with van der Waals surface area (Å²) in [7, 11) is 5.13. The van der Waals surface area contributed by atoms with E-state index in [-0.39, 0.29) is 18.4 Å². The van der Waals surface area contributed by atoms with Crippen LogP contribution >= 0.6 is 0 Å². The number of carbonyl (C=O) groups excluding carboxylic acids is 2. The van der Waals surface area contributed by atoms with Gasteiger partial charge in [-0.05, 0) is 40.0 Å². The van der Waals surface area contributed by atoms with Crippen molar-refractivity contribution >= 4 is 23.2 Å². The van der Waals surface area contributed by atoms with Gasteiger partial charge in [-0.3, -0.25) is 19.2 Å². The normalized spacial score (nSPS) is 12.0. The van der Waals surface area contributed by atoms with Crippen molar-refractivity contribution in [3.8, 4) is 5.75 Å². The van der Waals surface area contributed by atoms with Crippen molar-refractivity contribution in [2.45, 2.75) is 26.8 Å². The lowest BCUT2D eigenvalue weighted by molar-refractivity contribution is -0.122. The van der Waals surface area contributed by atoms with Crippen LogP contribution in [0.25, 0.3) is 0 Å². The Bertz CT molecular complexity index is 831. The summed E-state index contributed by atoms with van der Waals surface area (Å²) in [5.74, 6) is 0.265. The Kier molecular flexibility index (Phi) is 6.57. The molecule has 0 saturated heterocycles. The zero-order chi connectivity index (χ0) is 20.1. The number of aryl methyl sites for hydroxylation is 2. The van der Waals surface area contributed by atoms with E-state index in [0.29, 0.717) is 17.1 Å². The fraction of sp³-hybridized carbons (Fsp3) is 0.421. The van der Waals surface area contributed by atoms with Crippen LogP contribution in [0.5, 0.6) is 5.75 Å². The van der Waals surface area contributed by atoms with Crippen molar-refractivity contribution in [3.05, 3.63) is 35.7 Å². The van der Waals surface area contributed by atoms with Crippen molar-refractivity contribution in [1.82, 2.24) is 14.7 Å². The van der Waals surface area contributed by atoms with Gasteiger partial charge in [0.2, 0.25) is 11.8 Å². The summed E-state index contributed by atoms with van der Waals surface area (Å²) < 4.78 is 6.87. The SMILES string of the molecule is COc1cccc(NC(=O)CN(C)[C@@H](C)C(=O)Nc2c(C)nn(C)c2C)c1. The van der Waals surface area contributed by atoms with E-state index in [0.717, 1.165) is 11.4 Å².